The summed E-state index contributed by atoms with van der Waals surface area (Å²) >= 11 is 0. The second-order valence-electron chi connectivity index (χ2n) is 3.26. The molecule has 0 aromatic heterocycles. The van der Waals surface area contributed by atoms with E-state index < -0.39 is 12.0 Å². The van der Waals surface area contributed by atoms with Crippen molar-refractivity contribution in [2.24, 2.45) is 5.73 Å². The van der Waals surface area contributed by atoms with Crippen molar-refractivity contribution in [3.8, 4) is 0 Å². The van der Waals surface area contributed by atoms with Gasteiger partial charge >= 0.3 is 5.97 Å². The number of rotatable bonds is 6. The Labute approximate surface area is 88.7 Å². The molecule has 4 heteroatoms. The van der Waals surface area contributed by atoms with E-state index in [2.05, 4.69) is 0 Å². The lowest BCUT2D eigenvalue weighted by atomic mass is 10.2. The molecule has 1 aromatic rings. The van der Waals surface area contributed by atoms with E-state index in [1.165, 1.54) is 5.56 Å². The van der Waals surface area contributed by atoms with Gasteiger partial charge in [0.15, 0.2) is 0 Å². The molecule has 0 spiro atoms. The Balaban J connectivity index is 2.15. The van der Waals surface area contributed by atoms with Gasteiger partial charge in [-0.3, -0.25) is 4.79 Å². The highest BCUT2D eigenvalue weighted by Crippen LogP contribution is 1.99. The molecule has 0 amide bonds. The van der Waals surface area contributed by atoms with Crippen molar-refractivity contribution in [1.82, 2.24) is 0 Å². The Bertz CT molecular complexity index is 300. The molecule has 0 unspecified atom stereocenters. The summed E-state index contributed by atoms with van der Waals surface area (Å²) in [5, 5.41) is 8.49. The molecule has 0 aliphatic rings. The van der Waals surface area contributed by atoms with E-state index >= 15 is 0 Å². The van der Waals surface area contributed by atoms with Gasteiger partial charge < -0.3 is 15.6 Å². The highest BCUT2D eigenvalue weighted by atomic mass is 16.5. The van der Waals surface area contributed by atoms with Gasteiger partial charge in [0, 0.05) is 0 Å². The summed E-state index contributed by atoms with van der Waals surface area (Å²) in [7, 11) is 0. The van der Waals surface area contributed by atoms with E-state index in [0.717, 1.165) is 6.42 Å². The predicted molar refractivity (Wildman–Crippen MR) is 56.6 cm³/mol. The molecule has 15 heavy (non-hydrogen) atoms. The zero-order valence-electron chi connectivity index (χ0n) is 8.43. The average Bonchev–Trinajstić information content (AvgIpc) is 2.25. The van der Waals surface area contributed by atoms with Gasteiger partial charge in [0.05, 0.1) is 13.2 Å². The molecule has 82 valence electrons. The number of carbonyl (C=O) groups is 1. The van der Waals surface area contributed by atoms with Gasteiger partial charge in [-0.2, -0.15) is 0 Å². The van der Waals surface area contributed by atoms with Crippen molar-refractivity contribution in [3.63, 3.8) is 0 Å². The quantitative estimate of drug-likeness (QED) is 0.675. The van der Waals surface area contributed by atoms with Crippen molar-refractivity contribution < 1.29 is 14.6 Å². The lowest BCUT2D eigenvalue weighted by molar-refractivity contribution is -0.139. The van der Waals surface area contributed by atoms with Crippen LogP contribution in [0.5, 0.6) is 0 Å². The normalized spacial score (nSPS) is 12.3. The Hall–Kier alpha value is -1.39. The number of nitrogens with two attached hydrogens (primary N) is 1. The minimum atomic E-state index is -1.03. The molecule has 0 aliphatic heterocycles. The van der Waals surface area contributed by atoms with Crippen LogP contribution in [-0.2, 0) is 16.0 Å². The molecule has 4 nitrogen and oxygen atoms in total. The van der Waals surface area contributed by atoms with E-state index in [0.29, 0.717) is 6.61 Å². The van der Waals surface area contributed by atoms with Crippen molar-refractivity contribution in [2.75, 3.05) is 13.2 Å². The van der Waals surface area contributed by atoms with Gasteiger partial charge in [-0.1, -0.05) is 30.3 Å². The number of aliphatic carboxylic acids is 1. The fourth-order valence-electron chi connectivity index (χ4n) is 1.12. The maximum Gasteiger partial charge on any atom is 0.322 e. The van der Waals surface area contributed by atoms with Crippen LogP contribution in [0, 0.1) is 0 Å². The number of benzene rings is 1. The number of carboxylic acids is 1. The molecular formula is C11H15NO3. The summed E-state index contributed by atoms with van der Waals surface area (Å²) < 4.78 is 5.15. The lowest BCUT2D eigenvalue weighted by Crippen LogP contribution is -2.35. The van der Waals surface area contributed by atoms with Crippen molar-refractivity contribution in [1.29, 1.82) is 0 Å². The fourth-order valence-corrected chi connectivity index (χ4v) is 1.12. The van der Waals surface area contributed by atoms with E-state index in [1.807, 2.05) is 30.3 Å². The maximum absolute atomic E-state index is 10.4. The zero-order chi connectivity index (χ0) is 11.1. The van der Waals surface area contributed by atoms with Crippen molar-refractivity contribution in [2.45, 2.75) is 12.5 Å². The van der Waals surface area contributed by atoms with Gasteiger partial charge in [0.2, 0.25) is 0 Å². The highest BCUT2D eigenvalue weighted by molar-refractivity contribution is 5.73. The van der Waals surface area contributed by atoms with Crippen LogP contribution < -0.4 is 5.73 Å². The Kier molecular flexibility index (Phi) is 4.80. The summed E-state index contributed by atoms with van der Waals surface area (Å²) in [5.41, 5.74) is 6.44. The molecule has 0 radical (unpaired) electrons. The third-order valence-electron chi connectivity index (χ3n) is 1.99. The second-order valence-corrected chi connectivity index (χ2v) is 3.26. The number of hydrogen-bond acceptors (Lipinski definition) is 3. The standard InChI is InChI=1S/C11H15NO3/c12-10(11(13)14)8-15-7-6-9-4-2-1-3-5-9/h1-5,10H,6-8,12H2,(H,13,14)/t10-/m0/s1. The first-order chi connectivity index (χ1) is 7.20. The van der Waals surface area contributed by atoms with E-state index in [9.17, 15) is 4.79 Å². The van der Waals surface area contributed by atoms with Crippen LogP contribution in [0.25, 0.3) is 0 Å². The van der Waals surface area contributed by atoms with Gasteiger partial charge in [-0.05, 0) is 12.0 Å². The van der Waals surface area contributed by atoms with Crippen LogP contribution in [0.2, 0.25) is 0 Å². The molecule has 3 N–H and O–H groups in total. The topological polar surface area (TPSA) is 72.5 Å². The molecule has 1 aromatic carbocycles. The third kappa shape index (κ3) is 4.58. The molecule has 1 rings (SSSR count). The van der Waals surface area contributed by atoms with Crippen LogP contribution in [0.15, 0.2) is 30.3 Å². The molecule has 0 saturated heterocycles. The molecule has 0 heterocycles. The lowest BCUT2D eigenvalue weighted by Gasteiger charge is -2.07. The fraction of sp³-hybridized carbons (Fsp3) is 0.364. The SMILES string of the molecule is N[C@@H](COCCc1ccccc1)C(=O)O. The van der Waals surface area contributed by atoms with Crippen LogP contribution >= 0.6 is 0 Å². The molecular weight excluding hydrogens is 194 g/mol. The number of ether oxygens (including phenoxy) is 1. The highest BCUT2D eigenvalue weighted by Gasteiger charge is 2.10. The van der Waals surface area contributed by atoms with Gasteiger partial charge in [0.25, 0.3) is 0 Å². The Morgan fingerprint density at radius 3 is 2.67 bits per heavy atom. The molecule has 1 atom stereocenters. The summed E-state index contributed by atoms with van der Waals surface area (Å²) in [6, 6.07) is 8.93. The van der Waals surface area contributed by atoms with Crippen LogP contribution in [0.3, 0.4) is 0 Å². The largest absolute Gasteiger partial charge is 0.480 e. The Morgan fingerprint density at radius 2 is 2.07 bits per heavy atom. The zero-order valence-corrected chi connectivity index (χ0v) is 8.43. The summed E-state index contributed by atoms with van der Waals surface area (Å²) in [6.45, 7) is 0.549. The van der Waals surface area contributed by atoms with Crippen molar-refractivity contribution >= 4 is 5.97 Å². The summed E-state index contributed by atoms with van der Waals surface area (Å²) in [6.07, 6.45) is 0.771. The molecule has 0 bridgehead atoms. The van der Waals surface area contributed by atoms with Gasteiger partial charge in [0.1, 0.15) is 6.04 Å². The molecule has 0 fully saturated rings. The minimum Gasteiger partial charge on any atom is -0.480 e. The van der Waals surface area contributed by atoms with Gasteiger partial charge in [-0.25, -0.2) is 0 Å². The number of carboxylic acid groups (broad SMARTS) is 1. The van der Waals surface area contributed by atoms with Crippen molar-refractivity contribution in [3.05, 3.63) is 35.9 Å². The third-order valence-corrected chi connectivity index (χ3v) is 1.99. The summed E-state index contributed by atoms with van der Waals surface area (Å²) in [4.78, 5) is 10.4. The summed E-state index contributed by atoms with van der Waals surface area (Å²) in [5.74, 6) is -1.03. The molecule has 0 aliphatic carbocycles. The van der Waals surface area contributed by atoms with Crippen LogP contribution in [0.4, 0.5) is 0 Å². The monoisotopic (exact) mass is 209 g/mol. The van der Waals surface area contributed by atoms with Crippen LogP contribution in [-0.4, -0.2) is 30.3 Å². The first-order valence-electron chi connectivity index (χ1n) is 4.80. The number of hydrogen-bond donors (Lipinski definition) is 2. The Morgan fingerprint density at radius 1 is 1.40 bits per heavy atom. The van der Waals surface area contributed by atoms with E-state index in [4.69, 9.17) is 15.6 Å². The first kappa shape index (κ1) is 11.7. The van der Waals surface area contributed by atoms with Crippen LogP contribution in [0.1, 0.15) is 5.56 Å². The average molecular weight is 209 g/mol. The maximum atomic E-state index is 10.4. The smallest absolute Gasteiger partial charge is 0.322 e. The minimum absolute atomic E-state index is 0.0577. The predicted octanol–water partition coefficient (Wildman–Crippen LogP) is 0.658. The van der Waals surface area contributed by atoms with E-state index in [1.54, 1.807) is 0 Å². The van der Waals surface area contributed by atoms with E-state index in [-0.39, 0.29) is 6.61 Å². The first-order valence-corrected chi connectivity index (χ1v) is 4.80. The second kappa shape index (κ2) is 6.16. The van der Waals surface area contributed by atoms with Gasteiger partial charge in [-0.15, -0.1) is 0 Å². The molecule has 0 saturated carbocycles.